The van der Waals surface area contributed by atoms with Gasteiger partial charge in [0.1, 0.15) is 11.5 Å². The molecule has 0 fully saturated rings. The fraction of sp³-hybridized carbons (Fsp3) is 0.222. The minimum absolute atomic E-state index is 0.313. The number of carbonyl (C=O) groups excluding carboxylic acids is 2. The summed E-state index contributed by atoms with van der Waals surface area (Å²) in [6.45, 7) is 1.35. The lowest BCUT2D eigenvalue weighted by atomic mass is 9.99. The Hall–Kier alpha value is -2.82. The van der Waals surface area contributed by atoms with Crippen molar-refractivity contribution in [1.82, 2.24) is 0 Å². The zero-order valence-corrected chi connectivity index (χ0v) is 13.2. The summed E-state index contributed by atoms with van der Waals surface area (Å²) >= 11 is 0. The summed E-state index contributed by atoms with van der Waals surface area (Å²) in [5.41, 5.74) is 1.78. The average Bonchev–Trinajstić information content (AvgIpc) is 2.58. The van der Waals surface area contributed by atoms with Gasteiger partial charge in [0.05, 0.1) is 19.8 Å². The lowest BCUT2D eigenvalue weighted by Gasteiger charge is -2.20. The largest absolute Gasteiger partial charge is 0.496 e. The van der Waals surface area contributed by atoms with Gasteiger partial charge in [0.15, 0.2) is 12.4 Å². The van der Waals surface area contributed by atoms with Crippen molar-refractivity contribution in [3.05, 3.63) is 59.2 Å². The van der Waals surface area contributed by atoms with Gasteiger partial charge in [0, 0.05) is 12.5 Å². The highest BCUT2D eigenvalue weighted by Crippen LogP contribution is 2.35. The Balaban J connectivity index is 2.58. The number of hydrogen-bond acceptors (Lipinski definition) is 5. The van der Waals surface area contributed by atoms with E-state index < -0.39 is 12.1 Å². The molecule has 2 aromatic carbocycles. The Bertz CT molecular complexity index is 669. The molecule has 0 aliphatic heterocycles. The Morgan fingerprint density at radius 3 is 2.00 bits per heavy atom. The summed E-state index contributed by atoms with van der Waals surface area (Å²) < 4.78 is 16.0. The first-order valence-corrected chi connectivity index (χ1v) is 7.04. The highest BCUT2D eigenvalue weighted by Gasteiger charge is 2.21. The maximum Gasteiger partial charge on any atom is 0.303 e. The molecule has 2 aromatic rings. The van der Waals surface area contributed by atoms with Crippen LogP contribution in [-0.4, -0.2) is 26.5 Å². The highest BCUT2D eigenvalue weighted by molar-refractivity contribution is 5.84. The second-order valence-corrected chi connectivity index (χ2v) is 4.86. The zero-order valence-electron chi connectivity index (χ0n) is 13.2. The molecular weight excluding hydrogens is 296 g/mol. The number of rotatable bonds is 6. The van der Waals surface area contributed by atoms with E-state index in [1.54, 1.807) is 12.1 Å². The minimum Gasteiger partial charge on any atom is -0.496 e. The fourth-order valence-electron chi connectivity index (χ4n) is 2.35. The number of aldehydes is 1. The number of methoxy groups -OCH3 is 2. The Morgan fingerprint density at radius 2 is 1.57 bits per heavy atom. The molecule has 0 amide bonds. The molecule has 0 aromatic heterocycles. The van der Waals surface area contributed by atoms with Crippen LogP contribution in [0.5, 0.6) is 11.5 Å². The predicted octanol–water partition coefficient (Wildman–Crippen LogP) is 3.17. The summed E-state index contributed by atoms with van der Waals surface area (Å²) in [6.07, 6.45) is 0.0577. The van der Waals surface area contributed by atoms with Crippen molar-refractivity contribution in [2.45, 2.75) is 13.0 Å². The molecule has 1 unspecified atom stereocenters. The van der Waals surface area contributed by atoms with Crippen LogP contribution in [0.3, 0.4) is 0 Å². The predicted molar refractivity (Wildman–Crippen MR) is 85.0 cm³/mol. The first-order chi connectivity index (χ1) is 11.1. The van der Waals surface area contributed by atoms with Gasteiger partial charge >= 0.3 is 5.97 Å². The number of benzene rings is 2. The summed E-state index contributed by atoms with van der Waals surface area (Å²) in [5.74, 6) is 0.320. The molecule has 1 atom stereocenters. The van der Waals surface area contributed by atoms with Crippen LogP contribution in [-0.2, 0) is 9.53 Å². The Kier molecular flexibility index (Phi) is 5.36. The van der Waals surface area contributed by atoms with Crippen molar-refractivity contribution < 1.29 is 23.8 Å². The topological polar surface area (TPSA) is 61.8 Å². The van der Waals surface area contributed by atoms with Gasteiger partial charge < -0.3 is 14.2 Å². The first-order valence-electron chi connectivity index (χ1n) is 7.04. The van der Waals surface area contributed by atoms with Crippen LogP contribution < -0.4 is 9.47 Å². The molecule has 0 aliphatic rings. The number of ether oxygens (including phenoxy) is 3. The Morgan fingerprint density at radius 1 is 1.00 bits per heavy atom. The van der Waals surface area contributed by atoms with Gasteiger partial charge in [0.25, 0.3) is 0 Å². The smallest absolute Gasteiger partial charge is 0.303 e. The first kappa shape index (κ1) is 16.5. The number of esters is 1. The average molecular weight is 314 g/mol. The van der Waals surface area contributed by atoms with Gasteiger partial charge in [-0.05, 0) is 17.7 Å². The highest BCUT2D eigenvalue weighted by atomic mass is 16.5. The van der Waals surface area contributed by atoms with Gasteiger partial charge in [-0.2, -0.15) is 0 Å². The van der Waals surface area contributed by atoms with Crippen LogP contribution in [0.1, 0.15) is 34.5 Å². The third kappa shape index (κ3) is 3.69. The van der Waals surface area contributed by atoms with Crippen LogP contribution in [0.2, 0.25) is 0 Å². The molecule has 0 bridgehead atoms. The summed E-state index contributed by atoms with van der Waals surface area (Å²) in [6, 6.07) is 12.7. The van der Waals surface area contributed by atoms with E-state index in [1.807, 2.05) is 30.3 Å². The van der Waals surface area contributed by atoms with Gasteiger partial charge in [-0.15, -0.1) is 0 Å². The molecule has 0 saturated carbocycles. The molecule has 23 heavy (non-hydrogen) atoms. The molecule has 0 N–H and O–H groups in total. The number of hydrogen-bond donors (Lipinski definition) is 0. The summed E-state index contributed by atoms with van der Waals surface area (Å²) in [4.78, 5) is 22.7. The monoisotopic (exact) mass is 314 g/mol. The van der Waals surface area contributed by atoms with E-state index in [9.17, 15) is 9.59 Å². The van der Waals surface area contributed by atoms with Crippen molar-refractivity contribution >= 4 is 12.3 Å². The molecule has 120 valence electrons. The van der Waals surface area contributed by atoms with Crippen LogP contribution in [0.25, 0.3) is 0 Å². The lowest BCUT2D eigenvalue weighted by molar-refractivity contribution is -0.144. The van der Waals surface area contributed by atoms with E-state index in [0.29, 0.717) is 28.9 Å². The number of carbonyl (C=O) groups is 2. The van der Waals surface area contributed by atoms with Gasteiger partial charge in [-0.1, -0.05) is 30.3 Å². The third-order valence-corrected chi connectivity index (χ3v) is 3.37. The van der Waals surface area contributed by atoms with Crippen LogP contribution in [0.15, 0.2) is 42.5 Å². The van der Waals surface area contributed by atoms with E-state index in [1.165, 1.54) is 21.1 Å². The standard InChI is InChI=1S/C18H18O5/c1-12(20)23-18(13-7-5-4-6-8-13)14-9-16(21-2)15(11-19)17(10-14)22-3/h4-11,18H,1-3H3. The van der Waals surface area contributed by atoms with Crippen molar-refractivity contribution in [3.8, 4) is 11.5 Å². The molecule has 0 heterocycles. The van der Waals surface area contributed by atoms with E-state index in [4.69, 9.17) is 14.2 Å². The van der Waals surface area contributed by atoms with Gasteiger partial charge in [-0.3, -0.25) is 9.59 Å². The molecule has 0 aliphatic carbocycles. The normalized spacial score (nSPS) is 11.4. The molecular formula is C18H18O5. The SMILES string of the molecule is COc1cc(C(OC(C)=O)c2ccccc2)cc(OC)c1C=O. The Labute approximate surface area is 134 Å². The minimum atomic E-state index is -0.614. The van der Waals surface area contributed by atoms with Crippen molar-refractivity contribution in [3.63, 3.8) is 0 Å². The van der Waals surface area contributed by atoms with E-state index in [0.717, 1.165) is 5.56 Å². The molecule has 5 heteroatoms. The summed E-state index contributed by atoms with van der Waals surface area (Å²) in [7, 11) is 2.93. The van der Waals surface area contributed by atoms with E-state index in [2.05, 4.69) is 0 Å². The maximum atomic E-state index is 11.5. The van der Waals surface area contributed by atoms with Crippen molar-refractivity contribution in [1.29, 1.82) is 0 Å². The van der Waals surface area contributed by atoms with Gasteiger partial charge in [-0.25, -0.2) is 0 Å². The van der Waals surface area contributed by atoms with Crippen molar-refractivity contribution in [2.24, 2.45) is 0 Å². The summed E-state index contributed by atoms with van der Waals surface area (Å²) in [5, 5.41) is 0. The van der Waals surface area contributed by atoms with Crippen molar-refractivity contribution in [2.75, 3.05) is 14.2 Å². The molecule has 0 radical (unpaired) electrons. The van der Waals surface area contributed by atoms with Gasteiger partial charge in [0.2, 0.25) is 0 Å². The quantitative estimate of drug-likeness (QED) is 0.605. The van der Waals surface area contributed by atoms with E-state index >= 15 is 0 Å². The van der Waals surface area contributed by atoms with E-state index in [-0.39, 0.29) is 0 Å². The molecule has 5 nitrogen and oxygen atoms in total. The zero-order chi connectivity index (χ0) is 16.8. The van der Waals surface area contributed by atoms with Crippen LogP contribution >= 0.6 is 0 Å². The second-order valence-electron chi connectivity index (χ2n) is 4.86. The fourth-order valence-corrected chi connectivity index (χ4v) is 2.35. The maximum absolute atomic E-state index is 11.5. The van der Waals surface area contributed by atoms with Crippen LogP contribution in [0.4, 0.5) is 0 Å². The van der Waals surface area contributed by atoms with Crippen LogP contribution in [0, 0.1) is 0 Å². The second kappa shape index (κ2) is 7.45. The molecule has 0 spiro atoms. The third-order valence-electron chi connectivity index (χ3n) is 3.37. The lowest BCUT2D eigenvalue weighted by Crippen LogP contribution is -2.11. The molecule has 2 rings (SSSR count). The molecule has 0 saturated heterocycles.